The first-order valence-corrected chi connectivity index (χ1v) is 8.36. The quantitative estimate of drug-likeness (QED) is 0.799. The lowest BCUT2D eigenvalue weighted by Gasteiger charge is -2.19. The average Bonchev–Trinajstić information content (AvgIpc) is 2.83. The van der Waals surface area contributed by atoms with E-state index in [9.17, 15) is 4.79 Å². The number of hydrogen-bond donors (Lipinski definition) is 2. The molecule has 1 amide bonds. The Bertz CT molecular complexity index is 579. The molecular formula is C18H25ClN2O2. The lowest BCUT2D eigenvalue weighted by Crippen LogP contribution is -2.32. The highest BCUT2D eigenvalue weighted by molar-refractivity contribution is 6.30. The Morgan fingerprint density at radius 1 is 1.35 bits per heavy atom. The number of benzene rings is 1. The van der Waals surface area contributed by atoms with E-state index in [-0.39, 0.29) is 0 Å². The maximum atomic E-state index is 11.5. The highest BCUT2D eigenvalue weighted by atomic mass is 35.5. The Balaban J connectivity index is 1.68. The van der Waals surface area contributed by atoms with Crippen LogP contribution in [0.4, 0.5) is 4.79 Å². The van der Waals surface area contributed by atoms with Gasteiger partial charge in [0.05, 0.1) is 0 Å². The third kappa shape index (κ3) is 5.88. The zero-order valence-corrected chi connectivity index (χ0v) is 14.7. The van der Waals surface area contributed by atoms with Gasteiger partial charge in [-0.25, -0.2) is 4.79 Å². The first kappa shape index (κ1) is 17.8. The van der Waals surface area contributed by atoms with E-state index < -0.39 is 11.7 Å². The highest BCUT2D eigenvalue weighted by Crippen LogP contribution is 2.32. The summed E-state index contributed by atoms with van der Waals surface area (Å²) in [7, 11) is 0. The number of ether oxygens (including phenoxy) is 1. The minimum absolute atomic E-state index is 0.380. The van der Waals surface area contributed by atoms with Crippen molar-refractivity contribution in [2.75, 3.05) is 13.1 Å². The van der Waals surface area contributed by atoms with Gasteiger partial charge in [-0.2, -0.15) is 0 Å². The van der Waals surface area contributed by atoms with Crippen LogP contribution in [0.5, 0.6) is 0 Å². The number of carbonyl (C=O) groups excluding carboxylic acids is 1. The summed E-state index contributed by atoms with van der Waals surface area (Å²) in [5.74, 6) is 0. The van der Waals surface area contributed by atoms with E-state index in [4.69, 9.17) is 16.3 Å². The van der Waals surface area contributed by atoms with Gasteiger partial charge in [0.2, 0.25) is 0 Å². The predicted molar refractivity (Wildman–Crippen MR) is 93.9 cm³/mol. The average molecular weight is 337 g/mol. The Morgan fingerprint density at radius 2 is 2.09 bits per heavy atom. The van der Waals surface area contributed by atoms with Crippen LogP contribution in [0.2, 0.25) is 5.02 Å². The van der Waals surface area contributed by atoms with Gasteiger partial charge in [-0.3, -0.25) is 0 Å². The Hall–Kier alpha value is -1.52. The van der Waals surface area contributed by atoms with Crippen LogP contribution in [0, 0.1) is 0 Å². The highest BCUT2D eigenvalue weighted by Gasteiger charge is 2.21. The molecule has 23 heavy (non-hydrogen) atoms. The molecule has 0 spiro atoms. The van der Waals surface area contributed by atoms with Crippen molar-refractivity contribution < 1.29 is 9.53 Å². The number of nitrogens with one attached hydrogen (secondary N) is 2. The number of alkyl carbamates (subject to hydrolysis) is 1. The molecule has 0 aliphatic heterocycles. The number of hydrogen-bond acceptors (Lipinski definition) is 3. The fourth-order valence-corrected chi connectivity index (χ4v) is 2.83. The largest absolute Gasteiger partial charge is 0.444 e. The van der Waals surface area contributed by atoms with E-state index in [1.807, 2.05) is 39.0 Å². The number of rotatable bonds is 5. The maximum absolute atomic E-state index is 11.5. The lowest BCUT2D eigenvalue weighted by molar-refractivity contribution is 0.0534. The van der Waals surface area contributed by atoms with Crippen molar-refractivity contribution in [2.24, 2.45) is 0 Å². The molecule has 0 saturated heterocycles. The summed E-state index contributed by atoms with van der Waals surface area (Å²) >= 11 is 6.02. The normalized spacial score (nSPS) is 17.3. The molecule has 0 heterocycles. The summed E-state index contributed by atoms with van der Waals surface area (Å²) in [6, 6.07) is 6.49. The van der Waals surface area contributed by atoms with E-state index in [1.165, 1.54) is 11.1 Å². The molecule has 5 heteroatoms. The predicted octanol–water partition coefficient (Wildman–Crippen LogP) is 4.00. The monoisotopic (exact) mass is 336 g/mol. The molecule has 4 nitrogen and oxygen atoms in total. The second-order valence-corrected chi connectivity index (χ2v) is 7.13. The van der Waals surface area contributed by atoms with Crippen LogP contribution in [-0.4, -0.2) is 24.8 Å². The zero-order valence-electron chi connectivity index (χ0n) is 14.0. The van der Waals surface area contributed by atoms with Gasteiger partial charge in [-0.15, -0.1) is 0 Å². The zero-order chi connectivity index (χ0) is 16.9. The van der Waals surface area contributed by atoms with Gasteiger partial charge < -0.3 is 15.4 Å². The van der Waals surface area contributed by atoms with Crippen LogP contribution < -0.4 is 10.6 Å². The van der Waals surface area contributed by atoms with Crippen LogP contribution in [-0.2, 0) is 11.2 Å². The SMILES string of the molecule is CC(C)(C)OC(=O)NC/C=C/CNC1CCc2cc(Cl)ccc21. The first-order chi connectivity index (χ1) is 10.8. The van der Waals surface area contributed by atoms with Gasteiger partial charge in [-0.1, -0.05) is 29.8 Å². The minimum atomic E-state index is -0.464. The van der Waals surface area contributed by atoms with Crippen molar-refractivity contribution in [3.05, 3.63) is 46.5 Å². The van der Waals surface area contributed by atoms with Crippen LogP contribution in [0.15, 0.2) is 30.4 Å². The van der Waals surface area contributed by atoms with Crippen molar-refractivity contribution in [3.63, 3.8) is 0 Å². The minimum Gasteiger partial charge on any atom is -0.444 e. The number of carbonyl (C=O) groups is 1. The Kier molecular flexibility index (Phi) is 6.08. The van der Waals surface area contributed by atoms with Crippen LogP contribution >= 0.6 is 11.6 Å². The Labute approximate surface area is 143 Å². The third-order valence-corrected chi connectivity index (χ3v) is 3.83. The number of amides is 1. The van der Waals surface area contributed by atoms with Crippen LogP contribution in [0.3, 0.4) is 0 Å². The number of aryl methyl sites for hydroxylation is 1. The van der Waals surface area contributed by atoms with E-state index in [0.717, 1.165) is 24.4 Å². The molecule has 1 aromatic rings. The van der Waals surface area contributed by atoms with E-state index in [0.29, 0.717) is 12.6 Å². The molecule has 0 aromatic heterocycles. The summed E-state index contributed by atoms with van der Waals surface area (Å²) < 4.78 is 5.16. The van der Waals surface area contributed by atoms with Gasteiger partial charge in [0, 0.05) is 24.2 Å². The fourth-order valence-electron chi connectivity index (χ4n) is 2.63. The van der Waals surface area contributed by atoms with Gasteiger partial charge in [0.1, 0.15) is 5.60 Å². The van der Waals surface area contributed by atoms with E-state index >= 15 is 0 Å². The van der Waals surface area contributed by atoms with E-state index in [1.54, 1.807) is 0 Å². The van der Waals surface area contributed by atoms with Crippen molar-refractivity contribution >= 4 is 17.7 Å². The molecule has 1 aromatic carbocycles. The molecule has 2 N–H and O–H groups in total. The van der Waals surface area contributed by atoms with Crippen molar-refractivity contribution in [1.82, 2.24) is 10.6 Å². The fraction of sp³-hybridized carbons (Fsp3) is 0.500. The summed E-state index contributed by atoms with van der Waals surface area (Å²) in [4.78, 5) is 11.5. The molecule has 1 aliphatic rings. The molecular weight excluding hydrogens is 312 g/mol. The van der Waals surface area contributed by atoms with Crippen molar-refractivity contribution in [1.29, 1.82) is 0 Å². The van der Waals surface area contributed by atoms with Gasteiger partial charge in [0.25, 0.3) is 0 Å². The molecule has 126 valence electrons. The topological polar surface area (TPSA) is 50.4 Å². The van der Waals surface area contributed by atoms with E-state index in [2.05, 4.69) is 22.8 Å². The lowest BCUT2D eigenvalue weighted by atomic mass is 10.1. The molecule has 0 bridgehead atoms. The maximum Gasteiger partial charge on any atom is 0.407 e. The molecule has 1 atom stereocenters. The molecule has 0 saturated carbocycles. The second kappa shape index (κ2) is 7.84. The smallest absolute Gasteiger partial charge is 0.407 e. The molecule has 2 rings (SSSR count). The Morgan fingerprint density at radius 3 is 2.83 bits per heavy atom. The second-order valence-electron chi connectivity index (χ2n) is 6.70. The third-order valence-electron chi connectivity index (χ3n) is 3.59. The van der Waals surface area contributed by atoms with Crippen LogP contribution in [0.1, 0.15) is 44.4 Å². The molecule has 1 unspecified atom stereocenters. The summed E-state index contributed by atoms with van der Waals surface area (Å²) in [5, 5.41) is 7.01. The number of halogens is 1. The van der Waals surface area contributed by atoms with Gasteiger partial charge in [0.15, 0.2) is 0 Å². The summed E-state index contributed by atoms with van der Waals surface area (Å²) in [6.45, 7) is 6.77. The summed E-state index contributed by atoms with van der Waals surface area (Å²) in [6.07, 6.45) is 5.72. The van der Waals surface area contributed by atoms with Crippen molar-refractivity contribution in [3.8, 4) is 0 Å². The molecule has 0 radical (unpaired) electrons. The van der Waals surface area contributed by atoms with Crippen LogP contribution in [0.25, 0.3) is 0 Å². The van der Waals surface area contributed by atoms with Gasteiger partial charge in [-0.05, 0) is 56.9 Å². The summed E-state index contributed by atoms with van der Waals surface area (Å²) in [5.41, 5.74) is 2.22. The van der Waals surface area contributed by atoms with Crippen molar-refractivity contribution in [2.45, 2.75) is 45.3 Å². The van der Waals surface area contributed by atoms with Gasteiger partial charge >= 0.3 is 6.09 Å². The number of fused-ring (bicyclic) bond motifs is 1. The standard InChI is InChI=1S/C18H25ClN2O2/c1-18(2,3)23-17(22)21-11-5-4-10-20-16-9-6-13-12-14(19)7-8-15(13)16/h4-5,7-8,12,16,20H,6,9-11H2,1-3H3,(H,21,22)/b5-4+. The molecule has 0 fully saturated rings. The first-order valence-electron chi connectivity index (χ1n) is 7.99. The molecule has 1 aliphatic carbocycles.